The Labute approximate surface area is 206 Å². The highest BCUT2D eigenvalue weighted by Gasteiger charge is 2.31. The zero-order chi connectivity index (χ0) is 25.2. The van der Waals surface area contributed by atoms with Gasteiger partial charge in [0.2, 0.25) is 10.0 Å². The van der Waals surface area contributed by atoms with Crippen LogP contribution < -0.4 is 9.64 Å². The third-order valence-electron chi connectivity index (χ3n) is 6.51. The van der Waals surface area contributed by atoms with Crippen LogP contribution in [0.2, 0.25) is 0 Å². The number of methoxy groups -OCH3 is 1. The SMILES string of the molecule is COc1ccc(S(=O)(=O)N2CCc3ccccc3C2)cc1N1CCN(C(=O)[C@H](C)OC(C)=O)CC1. The lowest BCUT2D eigenvalue weighted by atomic mass is 10.0. The number of carbonyl (C=O) groups excluding carboxylic acids is 2. The van der Waals surface area contributed by atoms with Crippen molar-refractivity contribution in [1.29, 1.82) is 0 Å². The van der Waals surface area contributed by atoms with Gasteiger partial charge in [-0.1, -0.05) is 24.3 Å². The Morgan fingerprint density at radius 3 is 2.31 bits per heavy atom. The van der Waals surface area contributed by atoms with Crippen LogP contribution in [0.5, 0.6) is 5.75 Å². The molecule has 0 spiro atoms. The second-order valence-electron chi connectivity index (χ2n) is 8.75. The highest BCUT2D eigenvalue weighted by atomic mass is 32.2. The molecule has 10 heteroatoms. The summed E-state index contributed by atoms with van der Waals surface area (Å²) in [5.74, 6) is -0.168. The molecule has 0 saturated carbocycles. The minimum absolute atomic E-state index is 0.217. The number of anilines is 1. The normalized spacial score (nSPS) is 17.5. The van der Waals surface area contributed by atoms with Crippen molar-refractivity contribution in [3.8, 4) is 5.75 Å². The average Bonchev–Trinajstić information content (AvgIpc) is 2.87. The van der Waals surface area contributed by atoms with E-state index in [-0.39, 0.29) is 10.8 Å². The number of nitrogens with zero attached hydrogens (tertiary/aromatic N) is 3. The molecule has 2 heterocycles. The quantitative estimate of drug-likeness (QED) is 0.559. The van der Waals surface area contributed by atoms with Crippen LogP contribution in [0.3, 0.4) is 0 Å². The number of ether oxygens (including phenoxy) is 2. The van der Waals surface area contributed by atoms with Gasteiger partial charge in [-0.15, -0.1) is 0 Å². The lowest BCUT2D eigenvalue weighted by molar-refractivity contribution is -0.157. The fraction of sp³-hybridized carbons (Fsp3) is 0.440. The van der Waals surface area contributed by atoms with Crippen molar-refractivity contribution in [1.82, 2.24) is 9.21 Å². The van der Waals surface area contributed by atoms with Crippen molar-refractivity contribution in [3.63, 3.8) is 0 Å². The van der Waals surface area contributed by atoms with E-state index in [1.165, 1.54) is 16.8 Å². The topological polar surface area (TPSA) is 96.5 Å². The fourth-order valence-electron chi connectivity index (χ4n) is 4.63. The van der Waals surface area contributed by atoms with Gasteiger partial charge >= 0.3 is 5.97 Å². The van der Waals surface area contributed by atoms with Gasteiger partial charge < -0.3 is 19.3 Å². The maximum absolute atomic E-state index is 13.5. The van der Waals surface area contributed by atoms with Crippen LogP contribution >= 0.6 is 0 Å². The molecule has 0 N–H and O–H groups in total. The minimum Gasteiger partial charge on any atom is -0.495 e. The Morgan fingerprint density at radius 2 is 1.66 bits per heavy atom. The monoisotopic (exact) mass is 501 g/mol. The molecule has 2 aliphatic heterocycles. The summed E-state index contributed by atoms with van der Waals surface area (Å²) in [4.78, 5) is 27.6. The first kappa shape index (κ1) is 25.0. The van der Waals surface area contributed by atoms with E-state index in [9.17, 15) is 18.0 Å². The van der Waals surface area contributed by atoms with Crippen LogP contribution in [0.15, 0.2) is 47.4 Å². The highest BCUT2D eigenvalue weighted by Crippen LogP contribution is 2.34. The highest BCUT2D eigenvalue weighted by molar-refractivity contribution is 7.89. The number of sulfonamides is 1. The van der Waals surface area contributed by atoms with E-state index in [1.807, 2.05) is 29.2 Å². The van der Waals surface area contributed by atoms with Gasteiger partial charge in [0, 0.05) is 46.2 Å². The van der Waals surface area contributed by atoms with Gasteiger partial charge in [-0.3, -0.25) is 9.59 Å². The second-order valence-corrected chi connectivity index (χ2v) is 10.7. The molecule has 0 aromatic heterocycles. The molecule has 2 aliphatic rings. The minimum atomic E-state index is -3.70. The standard InChI is InChI=1S/C25H31N3O6S/c1-18(34-19(2)29)25(30)27-14-12-26(13-15-27)23-16-22(8-9-24(23)33-3)35(31,32)28-11-10-20-6-4-5-7-21(20)17-28/h4-9,16,18H,10-15,17H2,1-3H3/t18-/m0/s1. The number of hydrogen-bond acceptors (Lipinski definition) is 7. The van der Waals surface area contributed by atoms with Gasteiger partial charge in [-0.2, -0.15) is 4.31 Å². The van der Waals surface area contributed by atoms with Crippen LogP contribution in [-0.4, -0.2) is 75.4 Å². The van der Waals surface area contributed by atoms with Crippen molar-refractivity contribution in [2.45, 2.75) is 37.8 Å². The van der Waals surface area contributed by atoms with Crippen LogP contribution in [0.25, 0.3) is 0 Å². The molecule has 1 atom stereocenters. The first-order chi connectivity index (χ1) is 16.7. The summed E-state index contributed by atoms with van der Waals surface area (Å²) in [6, 6.07) is 12.8. The molecule has 0 unspecified atom stereocenters. The van der Waals surface area contributed by atoms with Crippen molar-refractivity contribution in [2.24, 2.45) is 0 Å². The summed E-state index contributed by atoms with van der Waals surface area (Å²) < 4.78 is 39.1. The van der Waals surface area contributed by atoms with Gasteiger partial charge in [0.1, 0.15) is 5.75 Å². The third kappa shape index (κ3) is 5.28. The predicted octanol–water partition coefficient (Wildman–Crippen LogP) is 2.04. The summed E-state index contributed by atoms with van der Waals surface area (Å²) in [5.41, 5.74) is 2.88. The maximum Gasteiger partial charge on any atom is 0.303 e. The van der Waals surface area contributed by atoms with Crippen molar-refractivity contribution in [2.75, 3.05) is 44.7 Å². The number of benzene rings is 2. The Morgan fingerprint density at radius 1 is 0.971 bits per heavy atom. The van der Waals surface area contributed by atoms with Crippen LogP contribution in [0.1, 0.15) is 25.0 Å². The second kappa shape index (κ2) is 10.2. The molecule has 4 rings (SSSR count). The molecule has 9 nitrogen and oxygen atoms in total. The number of esters is 1. The van der Waals surface area contributed by atoms with Gasteiger partial charge in [0.25, 0.3) is 5.91 Å². The number of hydrogen-bond donors (Lipinski definition) is 0. The average molecular weight is 502 g/mol. The van der Waals surface area contributed by atoms with Gasteiger partial charge in [-0.25, -0.2) is 8.42 Å². The van der Waals surface area contributed by atoms with Crippen molar-refractivity contribution >= 4 is 27.6 Å². The zero-order valence-electron chi connectivity index (χ0n) is 20.3. The van der Waals surface area contributed by atoms with E-state index in [4.69, 9.17) is 9.47 Å². The van der Waals surface area contributed by atoms with Gasteiger partial charge in [0.15, 0.2) is 6.10 Å². The summed E-state index contributed by atoms with van der Waals surface area (Å²) in [7, 11) is -2.15. The van der Waals surface area contributed by atoms with Crippen LogP contribution in [-0.2, 0) is 37.3 Å². The van der Waals surface area contributed by atoms with Crippen molar-refractivity contribution in [3.05, 3.63) is 53.6 Å². The Kier molecular flexibility index (Phi) is 7.32. The molecular weight excluding hydrogens is 470 g/mol. The van der Waals surface area contributed by atoms with Crippen molar-refractivity contribution < 1.29 is 27.5 Å². The number of fused-ring (bicyclic) bond motifs is 1. The lowest BCUT2D eigenvalue weighted by Crippen LogP contribution is -2.51. The van der Waals surface area contributed by atoms with E-state index >= 15 is 0 Å². The molecular formula is C25H31N3O6S. The number of piperazine rings is 1. The third-order valence-corrected chi connectivity index (χ3v) is 8.35. The molecule has 2 aromatic carbocycles. The summed E-state index contributed by atoms with van der Waals surface area (Å²) in [5, 5.41) is 0. The van der Waals surface area contributed by atoms with Gasteiger partial charge in [-0.05, 0) is 42.7 Å². The van der Waals surface area contributed by atoms with E-state index in [2.05, 4.69) is 0 Å². The molecule has 0 radical (unpaired) electrons. The summed E-state index contributed by atoms with van der Waals surface area (Å²) >= 11 is 0. The van der Waals surface area contributed by atoms with E-state index in [0.29, 0.717) is 57.1 Å². The number of rotatable bonds is 6. The number of amides is 1. The molecule has 1 saturated heterocycles. The van der Waals surface area contributed by atoms with E-state index < -0.39 is 22.1 Å². The Balaban J connectivity index is 1.51. The molecule has 35 heavy (non-hydrogen) atoms. The fourth-order valence-corrected chi connectivity index (χ4v) is 6.07. The summed E-state index contributed by atoms with van der Waals surface area (Å²) in [6.45, 7) is 5.46. The number of carbonyl (C=O) groups is 2. The molecule has 2 aromatic rings. The summed E-state index contributed by atoms with van der Waals surface area (Å²) in [6.07, 6.45) is -0.156. The molecule has 1 fully saturated rings. The Hall–Kier alpha value is -3.11. The Bertz CT molecular complexity index is 1210. The molecule has 0 aliphatic carbocycles. The van der Waals surface area contributed by atoms with Gasteiger partial charge in [0.05, 0.1) is 17.7 Å². The van der Waals surface area contributed by atoms with E-state index in [1.54, 1.807) is 37.1 Å². The van der Waals surface area contributed by atoms with Crippen LogP contribution in [0, 0.1) is 0 Å². The largest absolute Gasteiger partial charge is 0.495 e. The smallest absolute Gasteiger partial charge is 0.303 e. The maximum atomic E-state index is 13.5. The molecule has 0 bridgehead atoms. The zero-order valence-corrected chi connectivity index (χ0v) is 21.1. The first-order valence-corrected chi connectivity index (χ1v) is 13.1. The lowest BCUT2D eigenvalue weighted by Gasteiger charge is -2.37. The first-order valence-electron chi connectivity index (χ1n) is 11.7. The predicted molar refractivity (Wildman–Crippen MR) is 131 cm³/mol. The van der Waals surface area contributed by atoms with Crippen LogP contribution in [0.4, 0.5) is 5.69 Å². The molecule has 1 amide bonds. The van der Waals surface area contributed by atoms with E-state index in [0.717, 1.165) is 5.56 Å². The molecule has 188 valence electrons.